The van der Waals surface area contributed by atoms with Gasteiger partial charge >= 0.3 is 6.03 Å². The minimum atomic E-state index is 0.0315. The number of urea groups is 1. The van der Waals surface area contributed by atoms with Crippen molar-refractivity contribution in [3.8, 4) is 6.07 Å². The SMILES string of the molecule is CN(C)C(=O)N(C)C1CCN(c2ncccc2C#N)CC1. The third-order valence-corrected chi connectivity index (χ3v) is 3.90. The normalized spacial score (nSPS) is 15.4. The fraction of sp³-hybridized carbons (Fsp3) is 0.533. The van der Waals surface area contributed by atoms with E-state index >= 15 is 0 Å². The molecule has 2 rings (SSSR count). The Balaban J connectivity index is 2.01. The van der Waals surface area contributed by atoms with Crippen LogP contribution in [0.2, 0.25) is 0 Å². The van der Waals surface area contributed by atoms with Crippen molar-refractivity contribution in [3.63, 3.8) is 0 Å². The molecule has 6 heteroatoms. The molecule has 0 unspecified atom stereocenters. The van der Waals surface area contributed by atoms with Gasteiger partial charge in [-0.15, -0.1) is 0 Å². The standard InChI is InChI=1S/C15H21N5O/c1-18(2)15(21)19(3)13-6-9-20(10-7-13)14-12(11-16)5-4-8-17-14/h4-5,8,13H,6-7,9-10H2,1-3H3. The average molecular weight is 287 g/mol. The van der Waals surface area contributed by atoms with E-state index in [0.717, 1.165) is 31.7 Å². The van der Waals surface area contributed by atoms with Crippen molar-refractivity contribution >= 4 is 11.8 Å². The van der Waals surface area contributed by atoms with Crippen molar-refractivity contribution in [2.24, 2.45) is 0 Å². The highest BCUT2D eigenvalue weighted by atomic mass is 16.2. The Kier molecular flexibility index (Phi) is 4.63. The summed E-state index contributed by atoms with van der Waals surface area (Å²) in [6.45, 7) is 1.61. The van der Waals surface area contributed by atoms with Crippen LogP contribution in [0.5, 0.6) is 0 Å². The third-order valence-electron chi connectivity index (χ3n) is 3.90. The van der Waals surface area contributed by atoms with Gasteiger partial charge in [0, 0.05) is 46.5 Å². The van der Waals surface area contributed by atoms with Crippen LogP contribution in [0.25, 0.3) is 0 Å². The maximum Gasteiger partial charge on any atom is 0.319 e. The van der Waals surface area contributed by atoms with Gasteiger partial charge in [0.1, 0.15) is 11.9 Å². The Hall–Kier alpha value is -2.29. The molecule has 21 heavy (non-hydrogen) atoms. The molecule has 0 N–H and O–H groups in total. The number of hydrogen-bond donors (Lipinski definition) is 0. The second kappa shape index (κ2) is 6.44. The van der Waals surface area contributed by atoms with Crippen molar-refractivity contribution < 1.29 is 4.79 Å². The minimum Gasteiger partial charge on any atom is -0.355 e. The number of nitriles is 1. The van der Waals surface area contributed by atoms with Crippen LogP contribution in [0.3, 0.4) is 0 Å². The number of amides is 2. The summed E-state index contributed by atoms with van der Waals surface area (Å²) >= 11 is 0. The van der Waals surface area contributed by atoms with Crippen LogP contribution in [-0.4, -0.2) is 61.1 Å². The molecule has 1 aliphatic rings. The van der Waals surface area contributed by atoms with Gasteiger partial charge in [0.15, 0.2) is 0 Å². The van der Waals surface area contributed by atoms with Crippen molar-refractivity contribution in [2.45, 2.75) is 18.9 Å². The molecule has 6 nitrogen and oxygen atoms in total. The van der Waals surface area contributed by atoms with Gasteiger partial charge in [0.05, 0.1) is 5.56 Å². The molecule has 0 spiro atoms. The van der Waals surface area contributed by atoms with E-state index in [0.29, 0.717) is 5.56 Å². The van der Waals surface area contributed by atoms with Crippen LogP contribution in [0.15, 0.2) is 18.3 Å². The van der Waals surface area contributed by atoms with Crippen LogP contribution < -0.4 is 4.90 Å². The summed E-state index contributed by atoms with van der Waals surface area (Å²) in [5, 5.41) is 9.15. The van der Waals surface area contributed by atoms with E-state index in [1.807, 2.05) is 7.05 Å². The third kappa shape index (κ3) is 3.24. The first-order chi connectivity index (χ1) is 10.0. The monoisotopic (exact) mass is 287 g/mol. The largest absolute Gasteiger partial charge is 0.355 e. The zero-order chi connectivity index (χ0) is 15.4. The smallest absolute Gasteiger partial charge is 0.319 e. The van der Waals surface area contributed by atoms with Crippen molar-refractivity contribution in [2.75, 3.05) is 39.1 Å². The lowest BCUT2D eigenvalue weighted by molar-refractivity contribution is 0.155. The molecule has 0 aliphatic carbocycles. The second-order valence-electron chi connectivity index (χ2n) is 5.49. The molecule has 2 heterocycles. The number of aromatic nitrogens is 1. The highest BCUT2D eigenvalue weighted by Gasteiger charge is 2.27. The van der Waals surface area contributed by atoms with E-state index in [1.165, 1.54) is 0 Å². The topological polar surface area (TPSA) is 63.5 Å². The molecule has 0 atom stereocenters. The summed E-state index contributed by atoms with van der Waals surface area (Å²) in [5.74, 6) is 0.750. The molecular weight excluding hydrogens is 266 g/mol. The van der Waals surface area contributed by atoms with E-state index in [-0.39, 0.29) is 12.1 Å². The first-order valence-electron chi connectivity index (χ1n) is 7.08. The first-order valence-corrected chi connectivity index (χ1v) is 7.08. The molecule has 0 radical (unpaired) electrons. The van der Waals surface area contributed by atoms with E-state index < -0.39 is 0 Å². The molecule has 1 fully saturated rings. The van der Waals surface area contributed by atoms with Crippen molar-refractivity contribution in [3.05, 3.63) is 23.9 Å². The number of piperidine rings is 1. The number of carbonyl (C=O) groups is 1. The quantitative estimate of drug-likeness (QED) is 0.827. The molecule has 1 aromatic heterocycles. The Morgan fingerprint density at radius 1 is 1.38 bits per heavy atom. The van der Waals surface area contributed by atoms with Gasteiger partial charge in [-0.05, 0) is 25.0 Å². The average Bonchev–Trinajstić information content (AvgIpc) is 2.53. The van der Waals surface area contributed by atoms with Gasteiger partial charge in [-0.2, -0.15) is 5.26 Å². The van der Waals surface area contributed by atoms with Crippen LogP contribution in [0, 0.1) is 11.3 Å². The zero-order valence-electron chi connectivity index (χ0n) is 12.8. The molecule has 0 bridgehead atoms. The summed E-state index contributed by atoms with van der Waals surface area (Å²) in [6, 6.07) is 6.02. The van der Waals surface area contributed by atoms with E-state index in [1.54, 1.807) is 42.2 Å². The fourth-order valence-corrected chi connectivity index (χ4v) is 2.67. The predicted molar refractivity (Wildman–Crippen MR) is 81.0 cm³/mol. The highest BCUT2D eigenvalue weighted by Crippen LogP contribution is 2.23. The Bertz CT molecular complexity index is 543. The Morgan fingerprint density at radius 3 is 2.62 bits per heavy atom. The van der Waals surface area contributed by atoms with E-state index in [9.17, 15) is 4.79 Å². The molecule has 1 aliphatic heterocycles. The number of carbonyl (C=O) groups excluding carboxylic acids is 1. The predicted octanol–water partition coefficient (Wildman–Crippen LogP) is 1.54. The van der Waals surface area contributed by atoms with Gasteiger partial charge in [0.2, 0.25) is 0 Å². The summed E-state index contributed by atoms with van der Waals surface area (Å²) in [5.41, 5.74) is 0.605. The molecule has 1 saturated heterocycles. The summed E-state index contributed by atoms with van der Waals surface area (Å²) in [7, 11) is 5.38. The van der Waals surface area contributed by atoms with Crippen molar-refractivity contribution in [1.82, 2.24) is 14.8 Å². The fourth-order valence-electron chi connectivity index (χ4n) is 2.67. The number of nitrogens with zero attached hydrogens (tertiary/aromatic N) is 5. The molecule has 2 amide bonds. The van der Waals surface area contributed by atoms with Gasteiger partial charge in [-0.3, -0.25) is 0 Å². The number of pyridine rings is 1. The molecule has 112 valence electrons. The Labute approximate surface area is 125 Å². The maximum absolute atomic E-state index is 12.0. The van der Waals surface area contributed by atoms with Crippen LogP contribution in [0.1, 0.15) is 18.4 Å². The zero-order valence-corrected chi connectivity index (χ0v) is 12.8. The van der Waals surface area contributed by atoms with E-state index in [2.05, 4.69) is 16.0 Å². The van der Waals surface area contributed by atoms with Crippen LogP contribution in [-0.2, 0) is 0 Å². The molecule has 1 aromatic rings. The number of hydrogen-bond acceptors (Lipinski definition) is 4. The van der Waals surface area contributed by atoms with Gasteiger partial charge in [-0.25, -0.2) is 9.78 Å². The molecule has 0 saturated carbocycles. The lowest BCUT2D eigenvalue weighted by Crippen LogP contribution is -2.48. The highest BCUT2D eigenvalue weighted by molar-refractivity contribution is 5.73. The first kappa shape index (κ1) is 15.1. The van der Waals surface area contributed by atoms with Gasteiger partial charge in [-0.1, -0.05) is 0 Å². The maximum atomic E-state index is 12.0. The van der Waals surface area contributed by atoms with E-state index in [4.69, 9.17) is 5.26 Å². The number of rotatable bonds is 2. The van der Waals surface area contributed by atoms with Crippen LogP contribution in [0.4, 0.5) is 10.6 Å². The lowest BCUT2D eigenvalue weighted by Gasteiger charge is -2.38. The summed E-state index contributed by atoms with van der Waals surface area (Å²) in [4.78, 5) is 21.8. The van der Waals surface area contributed by atoms with Gasteiger partial charge in [0.25, 0.3) is 0 Å². The molecule has 0 aromatic carbocycles. The minimum absolute atomic E-state index is 0.0315. The summed E-state index contributed by atoms with van der Waals surface area (Å²) < 4.78 is 0. The number of anilines is 1. The van der Waals surface area contributed by atoms with Gasteiger partial charge < -0.3 is 14.7 Å². The second-order valence-corrected chi connectivity index (χ2v) is 5.49. The lowest BCUT2D eigenvalue weighted by atomic mass is 10.0. The Morgan fingerprint density at radius 2 is 2.05 bits per heavy atom. The van der Waals surface area contributed by atoms with Crippen molar-refractivity contribution in [1.29, 1.82) is 5.26 Å². The summed E-state index contributed by atoms with van der Waals surface area (Å²) in [6.07, 6.45) is 3.49. The van der Waals surface area contributed by atoms with Crippen LogP contribution >= 0.6 is 0 Å². The molecular formula is C15H21N5O.